The molecular formula is C20H25N3O4. The number of benzene rings is 1. The maximum absolute atomic E-state index is 12.4. The number of ether oxygens (including phenoxy) is 1. The second-order valence-corrected chi connectivity index (χ2v) is 6.88. The number of carbonyl (C=O) groups is 1. The summed E-state index contributed by atoms with van der Waals surface area (Å²) in [5.74, 6) is -0.198. The van der Waals surface area contributed by atoms with Gasteiger partial charge in [0.15, 0.2) is 0 Å². The largest absolute Gasteiger partial charge is 0.378 e. The molecule has 0 aliphatic heterocycles. The average Bonchev–Trinajstić information content (AvgIpc) is 3.14. The smallest absolute Gasteiger partial charge is 0.325 e. The Labute approximate surface area is 157 Å². The van der Waals surface area contributed by atoms with Crippen LogP contribution in [0.5, 0.6) is 0 Å². The fourth-order valence-electron chi connectivity index (χ4n) is 3.44. The summed E-state index contributed by atoms with van der Waals surface area (Å²) >= 11 is 0. The summed E-state index contributed by atoms with van der Waals surface area (Å²) in [5.41, 5.74) is 0.851. The minimum absolute atomic E-state index is 0.198. The summed E-state index contributed by atoms with van der Waals surface area (Å²) in [6.07, 6.45) is 5.92. The maximum Gasteiger partial charge on any atom is 0.325 e. The quantitative estimate of drug-likeness (QED) is 0.649. The number of aromatic nitrogens is 2. The molecule has 0 atom stereocenters. The van der Waals surface area contributed by atoms with Crippen molar-refractivity contribution in [2.75, 3.05) is 13.2 Å². The van der Waals surface area contributed by atoms with Gasteiger partial charge in [-0.15, -0.1) is 0 Å². The van der Waals surface area contributed by atoms with Crippen LogP contribution in [0, 0.1) is 6.92 Å². The minimum atomic E-state index is -0.546. The Hall–Kier alpha value is -2.67. The molecule has 1 fully saturated rings. The molecule has 1 aliphatic carbocycles. The van der Waals surface area contributed by atoms with E-state index in [-0.39, 0.29) is 5.91 Å². The number of nitrogens with one attached hydrogen (secondary N) is 3. The van der Waals surface area contributed by atoms with Gasteiger partial charge in [0.2, 0.25) is 0 Å². The first-order chi connectivity index (χ1) is 13.0. The number of hydrogen-bond acceptors (Lipinski definition) is 4. The van der Waals surface area contributed by atoms with Crippen molar-refractivity contribution >= 4 is 5.91 Å². The Kier molecular flexibility index (Phi) is 6.24. The molecular weight excluding hydrogens is 346 g/mol. The molecule has 0 spiro atoms. The Morgan fingerprint density at radius 3 is 2.74 bits per heavy atom. The van der Waals surface area contributed by atoms with E-state index in [1.54, 1.807) is 31.2 Å². The van der Waals surface area contributed by atoms with Crippen LogP contribution in [0.25, 0.3) is 11.1 Å². The van der Waals surface area contributed by atoms with Crippen molar-refractivity contribution < 1.29 is 9.53 Å². The first kappa shape index (κ1) is 19.1. The van der Waals surface area contributed by atoms with Crippen LogP contribution >= 0.6 is 0 Å². The van der Waals surface area contributed by atoms with Crippen molar-refractivity contribution in [3.05, 3.63) is 56.4 Å². The van der Waals surface area contributed by atoms with Gasteiger partial charge in [0.05, 0.1) is 11.7 Å². The molecule has 7 heteroatoms. The molecule has 1 saturated carbocycles. The highest BCUT2D eigenvalue weighted by molar-refractivity contribution is 5.95. The first-order valence-corrected chi connectivity index (χ1v) is 9.38. The SMILES string of the molecule is Cc1[nH]c(=O)[nH]c(=O)c1-c1cccc(C(=O)NCCCOC2CCCC2)c1. The number of rotatable bonds is 7. The summed E-state index contributed by atoms with van der Waals surface area (Å²) in [6, 6.07) is 6.81. The highest BCUT2D eigenvalue weighted by Crippen LogP contribution is 2.21. The van der Waals surface area contributed by atoms with Gasteiger partial charge in [0.1, 0.15) is 0 Å². The van der Waals surface area contributed by atoms with E-state index >= 15 is 0 Å². The number of aromatic amines is 2. The van der Waals surface area contributed by atoms with Gasteiger partial charge < -0.3 is 15.0 Å². The molecule has 0 bridgehead atoms. The van der Waals surface area contributed by atoms with E-state index < -0.39 is 11.2 Å². The zero-order valence-electron chi connectivity index (χ0n) is 15.5. The van der Waals surface area contributed by atoms with Gasteiger partial charge in [-0.05, 0) is 43.9 Å². The van der Waals surface area contributed by atoms with Gasteiger partial charge in [-0.1, -0.05) is 25.0 Å². The Morgan fingerprint density at radius 1 is 1.22 bits per heavy atom. The predicted molar refractivity (Wildman–Crippen MR) is 103 cm³/mol. The van der Waals surface area contributed by atoms with Gasteiger partial charge in [0, 0.05) is 24.4 Å². The van der Waals surface area contributed by atoms with Crippen LogP contribution in [0.1, 0.15) is 48.2 Å². The lowest BCUT2D eigenvalue weighted by Gasteiger charge is -2.11. The zero-order chi connectivity index (χ0) is 19.2. The third-order valence-electron chi connectivity index (χ3n) is 4.81. The molecule has 3 rings (SSSR count). The van der Waals surface area contributed by atoms with Crippen molar-refractivity contribution in [1.82, 2.24) is 15.3 Å². The number of hydrogen-bond donors (Lipinski definition) is 3. The van der Waals surface area contributed by atoms with Gasteiger partial charge >= 0.3 is 5.69 Å². The van der Waals surface area contributed by atoms with E-state index in [0.29, 0.717) is 41.6 Å². The number of carbonyl (C=O) groups excluding carboxylic acids is 1. The molecule has 27 heavy (non-hydrogen) atoms. The van der Waals surface area contributed by atoms with Crippen LogP contribution in [-0.4, -0.2) is 35.1 Å². The topological polar surface area (TPSA) is 104 Å². The van der Waals surface area contributed by atoms with Crippen LogP contribution < -0.4 is 16.6 Å². The monoisotopic (exact) mass is 371 g/mol. The third-order valence-corrected chi connectivity index (χ3v) is 4.81. The molecule has 1 aromatic carbocycles. The number of amides is 1. The molecule has 7 nitrogen and oxygen atoms in total. The summed E-state index contributed by atoms with van der Waals surface area (Å²) in [5, 5.41) is 2.88. The van der Waals surface area contributed by atoms with Crippen molar-refractivity contribution in [3.63, 3.8) is 0 Å². The van der Waals surface area contributed by atoms with Gasteiger partial charge in [-0.3, -0.25) is 14.6 Å². The van der Waals surface area contributed by atoms with Crippen molar-refractivity contribution in [2.24, 2.45) is 0 Å². The predicted octanol–water partition coefficient (Wildman–Crippen LogP) is 2.12. The van der Waals surface area contributed by atoms with Gasteiger partial charge in [0.25, 0.3) is 11.5 Å². The van der Waals surface area contributed by atoms with E-state index in [1.807, 2.05) is 0 Å². The molecule has 1 aromatic heterocycles. The molecule has 1 heterocycles. The van der Waals surface area contributed by atoms with Crippen LogP contribution in [0.2, 0.25) is 0 Å². The second kappa shape index (κ2) is 8.81. The van der Waals surface area contributed by atoms with Crippen LogP contribution in [0.15, 0.2) is 33.9 Å². The standard InChI is InChI=1S/C20H25N3O4/c1-13-17(19(25)23-20(26)22-13)14-6-4-7-15(12-14)18(24)21-10-5-11-27-16-8-2-3-9-16/h4,6-7,12,16H,2-3,5,8-11H2,1H3,(H,21,24)(H2,22,23,25,26). The molecule has 3 N–H and O–H groups in total. The number of aryl methyl sites for hydroxylation is 1. The lowest BCUT2D eigenvalue weighted by molar-refractivity contribution is 0.0565. The zero-order valence-corrected chi connectivity index (χ0v) is 15.5. The van der Waals surface area contributed by atoms with Crippen molar-refractivity contribution in [2.45, 2.75) is 45.1 Å². The molecule has 0 saturated heterocycles. The highest BCUT2D eigenvalue weighted by Gasteiger charge is 2.15. The van der Waals surface area contributed by atoms with Gasteiger partial charge in [-0.2, -0.15) is 0 Å². The maximum atomic E-state index is 12.4. The van der Waals surface area contributed by atoms with E-state index in [4.69, 9.17) is 4.74 Å². The van der Waals surface area contributed by atoms with Crippen molar-refractivity contribution in [1.29, 1.82) is 0 Å². The first-order valence-electron chi connectivity index (χ1n) is 9.38. The van der Waals surface area contributed by atoms with Gasteiger partial charge in [-0.25, -0.2) is 4.79 Å². The Balaban J connectivity index is 1.59. The fraction of sp³-hybridized carbons (Fsp3) is 0.450. The van der Waals surface area contributed by atoms with Crippen LogP contribution in [0.4, 0.5) is 0 Å². The van der Waals surface area contributed by atoms with Crippen molar-refractivity contribution in [3.8, 4) is 11.1 Å². The minimum Gasteiger partial charge on any atom is -0.378 e. The molecule has 1 amide bonds. The Morgan fingerprint density at radius 2 is 2.00 bits per heavy atom. The van der Waals surface area contributed by atoms with Crippen LogP contribution in [0.3, 0.4) is 0 Å². The average molecular weight is 371 g/mol. The summed E-state index contributed by atoms with van der Waals surface area (Å²) < 4.78 is 5.78. The lowest BCUT2D eigenvalue weighted by Crippen LogP contribution is -2.26. The summed E-state index contributed by atoms with van der Waals surface area (Å²) in [6.45, 7) is 2.84. The summed E-state index contributed by atoms with van der Waals surface area (Å²) in [4.78, 5) is 40.6. The van der Waals surface area contributed by atoms with E-state index in [2.05, 4.69) is 15.3 Å². The highest BCUT2D eigenvalue weighted by atomic mass is 16.5. The van der Waals surface area contributed by atoms with E-state index in [0.717, 1.165) is 19.3 Å². The second-order valence-electron chi connectivity index (χ2n) is 6.88. The molecule has 2 aromatic rings. The molecule has 0 unspecified atom stereocenters. The normalized spacial score (nSPS) is 14.4. The molecule has 0 radical (unpaired) electrons. The Bertz CT molecular complexity index is 910. The molecule has 1 aliphatic rings. The molecule has 144 valence electrons. The van der Waals surface area contributed by atoms with E-state index in [1.165, 1.54) is 12.8 Å². The number of H-pyrrole nitrogens is 2. The van der Waals surface area contributed by atoms with E-state index in [9.17, 15) is 14.4 Å². The summed E-state index contributed by atoms with van der Waals surface area (Å²) in [7, 11) is 0. The fourth-order valence-corrected chi connectivity index (χ4v) is 3.44. The third kappa shape index (κ3) is 4.95. The lowest BCUT2D eigenvalue weighted by atomic mass is 10.0. The van der Waals surface area contributed by atoms with Crippen LogP contribution in [-0.2, 0) is 4.74 Å².